The van der Waals surface area contributed by atoms with Crippen LogP contribution < -0.4 is 4.74 Å². The highest BCUT2D eigenvalue weighted by atomic mass is 16.6. The zero-order chi connectivity index (χ0) is 22.5. The van der Waals surface area contributed by atoms with E-state index in [1.54, 1.807) is 4.90 Å². The first-order valence-electron chi connectivity index (χ1n) is 11.4. The van der Waals surface area contributed by atoms with Crippen LogP contribution in [0, 0.1) is 13.8 Å². The largest absolute Gasteiger partial charge is 0.415 e. The Morgan fingerprint density at radius 2 is 1.74 bits per heavy atom. The van der Waals surface area contributed by atoms with Crippen molar-refractivity contribution in [1.29, 1.82) is 0 Å². The SMILES string of the molecule is [2H]c1c([2H])c(OC(=O)N(CCC)C(C)C)c(C)c([C@H](CC)N(CC)C(C)C)c1C. The molecule has 0 aliphatic heterocycles. The molecule has 0 aliphatic rings. The molecule has 1 aromatic carbocycles. The molecule has 0 unspecified atom stereocenters. The third-order valence-corrected chi connectivity index (χ3v) is 5.17. The summed E-state index contributed by atoms with van der Waals surface area (Å²) in [5.41, 5.74) is 2.61. The first-order chi connectivity index (χ1) is 13.5. The van der Waals surface area contributed by atoms with Crippen LogP contribution in [0.3, 0.4) is 0 Å². The molecule has 0 N–H and O–H groups in total. The molecule has 0 aromatic heterocycles. The average molecular weight is 379 g/mol. The van der Waals surface area contributed by atoms with E-state index in [9.17, 15) is 4.79 Å². The number of ether oxygens (including phenoxy) is 1. The highest BCUT2D eigenvalue weighted by Gasteiger charge is 2.26. The summed E-state index contributed by atoms with van der Waals surface area (Å²) < 4.78 is 22.7. The van der Waals surface area contributed by atoms with Crippen LogP contribution in [-0.4, -0.2) is 41.1 Å². The summed E-state index contributed by atoms with van der Waals surface area (Å²) in [6.45, 7) is 19.9. The molecule has 4 nitrogen and oxygen atoms in total. The molecule has 4 heteroatoms. The van der Waals surface area contributed by atoms with E-state index in [0.717, 1.165) is 36.1 Å². The Bertz CT molecular complexity index is 705. The van der Waals surface area contributed by atoms with Gasteiger partial charge in [0.15, 0.2) is 0 Å². The van der Waals surface area contributed by atoms with Gasteiger partial charge in [0.05, 0.1) is 2.74 Å². The highest BCUT2D eigenvalue weighted by Crippen LogP contribution is 2.35. The van der Waals surface area contributed by atoms with Gasteiger partial charge in [0.1, 0.15) is 5.75 Å². The molecule has 0 saturated carbocycles. The minimum atomic E-state index is -0.447. The van der Waals surface area contributed by atoms with Crippen molar-refractivity contribution in [3.8, 4) is 5.75 Å². The molecule has 154 valence electrons. The van der Waals surface area contributed by atoms with Crippen molar-refractivity contribution in [1.82, 2.24) is 9.80 Å². The standard InChI is InChI=1S/C23H40N2O2/c1-10-15-25(17(6)7)23(26)27-21-14-13-18(8)22(19(21)9)20(11-2)24(12-3)16(4)5/h13-14,16-17,20H,10-12,15H2,1-9H3/t20-/m0/s1/i13D,14D. The van der Waals surface area contributed by atoms with Crippen LogP contribution in [0.15, 0.2) is 12.1 Å². The quantitative estimate of drug-likeness (QED) is 0.520. The van der Waals surface area contributed by atoms with Gasteiger partial charge in [-0.15, -0.1) is 0 Å². The lowest BCUT2D eigenvalue weighted by atomic mass is 9.92. The van der Waals surface area contributed by atoms with Gasteiger partial charge >= 0.3 is 6.09 Å². The van der Waals surface area contributed by atoms with Gasteiger partial charge in [0.25, 0.3) is 0 Å². The van der Waals surface area contributed by atoms with E-state index in [-0.39, 0.29) is 29.9 Å². The van der Waals surface area contributed by atoms with Gasteiger partial charge < -0.3 is 9.64 Å². The van der Waals surface area contributed by atoms with Crippen molar-refractivity contribution in [2.75, 3.05) is 13.1 Å². The Hall–Kier alpha value is -1.55. The lowest BCUT2D eigenvalue weighted by Gasteiger charge is -2.36. The van der Waals surface area contributed by atoms with E-state index >= 15 is 0 Å². The molecular weight excluding hydrogens is 336 g/mol. The molecule has 0 aliphatic carbocycles. The summed E-state index contributed by atoms with van der Waals surface area (Å²) in [4.78, 5) is 16.9. The summed E-state index contributed by atoms with van der Waals surface area (Å²) in [6.07, 6.45) is 1.27. The summed E-state index contributed by atoms with van der Waals surface area (Å²) in [5.74, 6) is 0.223. The van der Waals surface area contributed by atoms with Crippen molar-refractivity contribution in [2.24, 2.45) is 0 Å². The zero-order valence-electron chi connectivity index (χ0n) is 20.8. The molecule has 0 heterocycles. The zero-order valence-corrected chi connectivity index (χ0v) is 18.8. The third-order valence-electron chi connectivity index (χ3n) is 5.17. The number of hydrogen-bond donors (Lipinski definition) is 0. The van der Waals surface area contributed by atoms with Gasteiger partial charge in [-0.05, 0) is 83.7 Å². The minimum Gasteiger partial charge on any atom is -0.410 e. The number of nitrogens with zero attached hydrogens (tertiary/aromatic N) is 2. The number of rotatable bonds is 9. The molecule has 1 aromatic rings. The Kier molecular flexibility index (Phi) is 8.00. The fraction of sp³-hybridized carbons (Fsp3) is 0.696. The molecule has 27 heavy (non-hydrogen) atoms. The normalized spacial score (nSPS) is 13.8. The molecule has 0 bridgehead atoms. The predicted molar refractivity (Wildman–Crippen MR) is 115 cm³/mol. The number of hydrogen-bond acceptors (Lipinski definition) is 3. The first-order valence-corrected chi connectivity index (χ1v) is 10.4. The minimum absolute atomic E-state index is 0.0113. The van der Waals surface area contributed by atoms with Crippen molar-refractivity contribution < 1.29 is 12.3 Å². The predicted octanol–water partition coefficient (Wildman–Crippen LogP) is 6.10. The van der Waals surface area contributed by atoms with Crippen LogP contribution in [0.25, 0.3) is 0 Å². The molecule has 1 rings (SSSR count). The summed E-state index contributed by atoms with van der Waals surface area (Å²) in [5, 5.41) is 0. The maximum atomic E-state index is 12.8. The Morgan fingerprint density at radius 3 is 2.19 bits per heavy atom. The van der Waals surface area contributed by atoms with Crippen LogP contribution in [0.2, 0.25) is 0 Å². The van der Waals surface area contributed by atoms with E-state index in [2.05, 4.69) is 32.6 Å². The number of carbonyl (C=O) groups excluding carboxylic acids is 1. The van der Waals surface area contributed by atoms with Gasteiger partial charge in [-0.2, -0.15) is 0 Å². The van der Waals surface area contributed by atoms with Crippen LogP contribution in [0.1, 0.15) is 86.8 Å². The van der Waals surface area contributed by atoms with Crippen molar-refractivity contribution in [2.45, 2.75) is 93.3 Å². The van der Waals surface area contributed by atoms with Gasteiger partial charge in [-0.1, -0.05) is 26.8 Å². The molecule has 0 radical (unpaired) electrons. The second kappa shape index (κ2) is 10.7. The maximum Gasteiger partial charge on any atom is 0.415 e. The maximum absolute atomic E-state index is 12.8. The van der Waals surface area contributed by atoms with Crippen LogP contribution in [-0.2, 0) is 0 Å². The fourth-order valence-corrected chi connectivity index (χ4v) is 3.81. The van der Waals surface area contributed by atoms with E-state index in [4.69, 9.17) is 7.48 Å². The molecular formula is C23H40N2O2. The topological polar surface area (TPSA) is 32.8 Å². The Morgan fingerprint density at radius 1 is 1.11 bits per heavy atom. The summed E-state index contributed by atoms with van der Waals surface area (Å²) in [6, 6.07) is 0.592. The molecule has 0 saturated heterocycles. The molecule has 1 amide bonds. The Balaban J connectivity index is 3.54. The van der Waals surface area contributed by atoms with Crippen molar-refractivity contribution >= 4 is 6.09 Å². The van der Waals surface area contributed by atoms with Gasteiger partial charge in [-0.25, -0.2) is 4.79 Å². The molecule has 0 spiro atoms. The number of benzene rings is 1. The van der Waals surface area contributed by atoms with Gasteiger partial charge in [-0.3, -0.25) is 4.90 Å². The lowest BCUT2D eigenvalue weighted by Crippen LogP contribution is -2.39. The van der Waals surface area contributed by atoms with Gasteiger partial charge in [0, 0.05) is 24.7 Å². The Labute approximate surface area is 169 Å². The van der Waals surface area contributed by atoms with Crippen LogP contribution in [0.4, 0.5) is 4.79 Å². The smallest absolute Gasteiger partial charge is 0.410 e. The first kappa shape index (κ1) is 20.2. The monoisotopic (exact) mass is 378 g/mol. The van der Waals surface area contributed by atoms with E-state index < -0.39 is 6.09 Å². The molecule has 1 atom stereocenters. The van der Waals surface area contributed by atoms with Crippen LogP contribution in [0.5, 0.6) is 5.75 Å². The van der Waals surface area contributed by atoms with Crippen molar-refractivity contribution in [3.05, 3.63) is 28.8 Å². The second-order valence-corrected chi connectivity index (χ2v) is 7.75. The van der Waals surface area contributed by atoms with Crippen molar-refractivity contribution in [3.63, 3.8) is 0 Å². The van der Waals surface area contributed by atoms with E-state index in [1.807, 2.05) is 34.6 Å². The van der Waals surface area contributed by atoms with E-state index in [0.29, 0.717) is 12.6 Å². The lowest BCUT2D eigenvalue weighted by molar-refractivity contribution is 0.137. The summed E-state index contributed by atoms with van der Waals surface area (Å²) in [7, 11) is 0. The van der Waals surface area contributed by atoms with Gasteiger partial charge in [0.2, 0.25) is 0 Å². The van der Waals surface area contributed by atoms with E-state index in [1.165, 1.54) is 0 Å². The highest BCUT2D eigenvalue weighted by molar-refractivity contribution is 5.71. The molecule has 0 fully saturated rings. The summed E-state index contributed by atoms with van der Waals surface area (Å²) >= 11 is 0. The average Bonchev–Trinajstić information content (AvgIpc) is 2.66. The number of carbonyl (C=O) groups is 1. The second-order valence-electron chi connectivity index (χ2n) is 7.75. The number of amides is 1. The third kappa shape index (κ3) is 5.71. The fourth-order valence-electron chi connectivity index (χ4n) is 3.81. The van der Waals surface area contributed by atoms with Crippen LogP contribution >= 0.6 is 0 Å².